The average molecular weight is 402 g/mol. The summed E-state index contributed by atoms with van der Waals surface area (Å²) in [7, 11) is 3.86. The molecule has 0 fully saturated rings. The van der Waals surface area contributed by atoms with E-state index in [-0.39, 0.29) is 12.2 Å². The molecule has 0 radical (unpaired) electrons. The smallest absolute Gasteiger partial charge is 0.349 e. The molecule has 6 nitrogen and oxygen atoms in total. The second-order valence-corrected chi connectivity index (χ2v) is 7.21. The van der Waals surface area contributed by atoms with Crippen molar-refractivity contribution in [1.29, 1.82) is 5.26 Å². The van der Waals surface area contributed by atoms with Gasteiger partial charge in [-0.1, -0.05) is 24.3 Å². The van der Waals surface area contributed by atoms with Crippen LogP contribution in [0.3, 0.4) is 0 Å². The number of esters is 1. The molecule has 0 unspecified atom stereocenters. The van der Waals surface area contributed by atoms with Crippen LogP contribution in [0.2, 0.25) is 0 Å². The fourth-order valence-electron chi connectivity index (χ4n) is 3.04. The highest BCUT2D eigenvalue weighted by atomic mass is 16.5. The summed E-state index contributed by atoms with van der Waals surface area (Å²) >= 11 is 0. The molecule has 0 saturated heterocycles. The number of rotatable bonds is 5. The van der Waals surface area contributed by atoms with Crippen molar-refractivity contribution in [3.8, 4) is 6.07 Å². The van der Waals surface area contributed by atoms with E-state index in [4.69, 9.17) is 9.15 Å². The lowest BCUT2D eigenvalue weighted by molar-refractivity contribution is -0.139. The Bertz CT molecular complexity index is 1230. The van der Waals surface area contributed by atoms with Crippen molar-refractivity contribution < 1.29 is 13.9 Å². The lowest BCUT2D eigenvalue weighted by atomic mass is 10.0. The Balaban J connectivity index is 1.83. The predicted molar refractivity (Wildman–Crippen MR) is 116 cm³/mol. The Morgan fingerprint density at radius 2 is 1.87 bits per heavy atom. The molecular weight excluding hydrogens is 380 g/mol. The van der Waals surface area contributed by atoms with Gasteiger partial charge in [0.05, 0.1) is 0 Å². The molecular formula is C24H22N2O4. The standard InChI is InChI=1S/C24H22N2O4/c1-15-5-10-21-19(12-22(27)30-23(21)16(15)2)14-29-24(28)18(13-25)11-17-6-8-20(9-7-17)26(3)4/h5-12H,14H2,1-4H3/b18-11+. The molecule has 0 spiro atoms. The van der Waals surface area contributed by atoms with Gasteiger partial charge in [0.1, 0.15) is 23.8 Å². The molecule has 152 valence electrons. The Kier molecular flexibility index (Phi) is 6.03. The first-order chi connectivity index (χ1) is 14.3. The normalized spacial score (nSPS) is 11.2. The van der Waals surface area contributed by atoms with E-state index in [9.17, 15) is 14.9 Å². The number of hydrogen-bond donors (Lipinski definition) is 0. The summed E-state index contributed by atoms with van der Waals surface area (Å²) in [6.07, 6.45) is 1.48. The first-order valence-corrected chi connectivity index (χ1v) is 9.39. The van der Waals surface area contributed by atoms with Gasteiger partial charge in [0.15, 0.2) is 0 Å². The van der Waals surface area contributed by atoms with Gasteiger partial charge in [-0.15, -0.1) is 0 Å². The van der Waals surface area contributed by atoms with Crippen molar-refractivity contribution in [3.63, 3.8) is 0 Å². The van der Waals surface area contributed by atoms with Gasteiger partial charge >= 0.3 is 11.6 Å². The minimum Gasteiger partial charge on any atom is -0.457 e. The zero-order valence-electron chi connectivity index (χ0n) is 17.4. The topological polar surface area (TPSA) is 83.5 Å². The zero-order valence-corrected chi connectivity index (χ0v) is 17.4. The van der Waals surface area contributed by atoms with E-state index in [1.165, 1.54) is 12.1 Å². The summed E-state index contributed by atoms with van der Waals surface area (Å²) in [5.41, 5.74) is 3.95. The maximum absolute atomic E-state index is 12.4. The maximum atomic E-state index is 12.4. The van der Waals surface area contributed by atoms with Crippen molar-refractivity contribution in [1.82, 2.24) is 0 Å². The lowest BCUT2D eigenvalue weighted by Crippen LogP contribution is -2.09. The summed E-state index contributed by atoms with van der Waals surface area (Å²) in [6.45, 7) is 3.66. The fourth-order valence-corrected chi connectivity index (χ4v) is 3.04. The zero-order chi connectivity index (χ0) is 21.8. The number of fused-ring (bicyclic) bond motifs is 1. The molecule has 0 amide bonds. The molecule has 2 aromatic carbocycles. The molecule has 3 rings (SSSR count). The molecule has 0 aliphatic rings. The second kappa shape index (κ2) is 8.66. The number of ether oxygens (including phenoxy) is 1. The van der Waals surface area contributed by atoms with Gasteiger partial charge in [0.25, 0.3) is 0 Å². The minimum absolute atomic E-state index is 0.119. The van der Waals surface area contributed by atoms with Crippen molar-refractivity contribution >= 4 is 28.7 Å². The number of hydrogen-bond acceptors (Lipinski definition) is 6. The van der Waals surface area contributed by atoms with Gasteiger partial charge in [-0.05, 0) is 48.7 Å². The van der Waals surface area contributed by atoms with Crippen LogP contribution in [0.5, 0.6) is 0 Å². The molecule has 3 aromatic rings. The van der Waals surface area contributed by atoms with Gasteiger partial charge < -0.3 is 14.1 Å². The highest BCUT2D eigenvalue weighted by Gasteiger charge is 2.14. The van der Waals surface area contributed by atoms with Gasteiger partial charge in [0, 0.05) is 36.8 Å². The summed E-state index contributed by atoms with van der Waals surface area (Å²) in [5.74, 6) is -0.751. The highest BCUT2D eigenvalue weighted by Crippen LogP contribution is 2.24. The van der Waals surface area contributed by atoms with Crippen molar-refractivity contribution in [2.24, 2.45) is 0 Å². The molecule has 1 heterocycles. The third-order valence-corrected chi connectivity index (χ3v) is 4.94. The number of benzene rings is 2. The molecule has 0 bridgehead atoms. The predicted octanol–water partition coefficient (Wildman–Crippen LogP) is 4.13. The van der Waals surface area contributed by atoms with E-state index in [0.29, 0.717) is 22.1 Å². The van der Waals surface area contributed by atoms with Crippen LogP contribution in [0, 0.1) is 25.2 Å². The third kappa shape index (κ3) is 4.41. The van der Waals surface area contributed by atoms with Crippen LogP contribution in [0.1, 0.15) is 22.3 Å². The Morgan fingerprint density at radius 1 is 1.17 bits per heavy atom. The van der Waals surface area contributed by atoms with E-state index in [1.807, 2.05) is 75.3 Å². The SMILES string of the molecule is Cc1ccc2c(COC(=O)/C(C#N)=C/c3ccc(N(C)C)cc3)cc(=O)oc2c1C. The van der Waals surface area contributed by atoms with Crippen LogP contribution in [-0.4, -0.2) is 20.1 Å². The molecule has 0 aliphatic carbocycles. The van der Waals surface area contributed by atoms with Crippen LogP contribution in [0.25, 0.3) is 17.0 Å². The van der Waals surface area contributed by atoms with Crippen LogP contribution < -0.4 is 10.5 Å². The van der Waals surface area contributed by atoms with Gasteiger partial charge in [-0.3, -0.25) is 0 Å². The van der Waals surface area contributed by atoms with Gasteiger partial charge in [-0.2, -0.15) is 5.26 Å². The third-order valence-electron chi connectivity index (χ3n) is 4.94. The summed E-state index contributed by atoms with van der Waals surface area (Å²) in [4.78, 5) is 26.3. The van der Waals surface area contributed by atoms with E-state index >= 15 is 0 Å². The van der Waals surface area contributed by atoms with Crippen LogP contribution >= 0.6 is 0 Å². The summed E-state index contributed by atoms with van der Waals surface area (Å²) in [5, 5.41) is 10.1. The molecule has 0 atom stereocenters. The molecule has 0 saturated carbocycles. The van der Waals surface area contributed by atoms with Crippen LogP contribution in [0.4, 0.5) is 5.69 Å². The number of carbonyl (C=O) groups is 1. The Hall–Kier alpha value is -3.85. The van der Waals surface area contributed by atoms with Gasteiger partial charge in [0.2, 0.25) is 0 Å². The van der Waals surface area contributed by atoms with Crippen LogP contribution in [-0.2, 0) is 16.1 Å². The van der Waals surface area contributed by atoms with E-state index in [1.54, 1.807) is 0 Å². The number of aryl methyl sites for hydroxylation is 2. The van der Waals surface area contributed by atoms with Crippen LogP contribution in [0.15, 0.2) is 57.2 Å². The molecule has 1 aromatic heterocycles. The van der Waals surface area contributed by atoms with Crippen molar-refractivity contribution in [3.05, 3.63) is 80.7 Å². The highest BCUT2D eigenvalue weighted by molar-refractivity contribution is 5.98. The number of carbonyl (C=O) groups excluding carboxylic acids is 1. The quantitative estimate of drug-likeness (QED) is 0.276. The minimum atomic E-state index is -0.751. The molecule has 6 heteroatoms. The largest absolute Gasteiger partial charge is 0.457 e. The monoisotopic (exact) mass is 402 g/mol. The summed E-state index contributed by atoms with van der Waals surface area (Å²) in [6, 6.07) is 14.4. The second-order valence-electron chi connectivity index (χ2n) is 7.21. The number of nitrogens with zero attached hydrogens (tertiary/aromatic N) is 2. The van der Waals surface area contributed by atoms with Crippen molar-refractivity contribution in [2.75, 3.05) is 19.0 Å². The fraction of sp³-hybridized carbons (Fsp3) is 0.208. The molecule has 30 heavy (non-hydrogen) atoms. The van der Waals surface area contributed by atoms with Crippen molar-refractivity contribution in [2.45, 2.75) is 20.5 Å². The average Bonchev–Trinajstić information content (AvgIpc) is 2.73. The number of anilines is 1. The Morgan fingerprint density at radius 3 is 2.50 bits per heavy atom. The van der Waals surface area contributed by atoms with Gasteiger partial charge in [-0.25, -0.2) is 9.59 Å². The van der Waals surface area contributed by atoms with E-state index in [0.717, 1.165) is 16.8 Å². The first kappa shape index (κ1) is 20.9. The Labute approximate surface area is 174 Å². The molecule has 0 N–H and O–H groups in total. The van der Waals surface area contributed by atoms with E-state index < -0.39 is 11.6 Å². The first-order valence-electron chi connectivity index (χ1n) is 9.39. The summed E-state index contributed by atoms with van der Waals surface area (Å²) < 4.78 is 10.7. The molecule has 0 aliphatic heterocycles. The maximum Gasteiger partial charge on any atom is 0.349 e. The lowest BCUT2D eigenvalue weighted by Gasteiger charge is -2.12. The van der Waals surface area contributed by atoms with E-state index in [2.05, 4.69) is 0 Å². The number of nitriles is 1.